The first kappa shape index (κ1) is 11.5. The van der Waals surface area contributed by atoms with Gasteiger partial charge in [-0.1, -0.05) is 11.8 Å². The Kier molecular flexibility index (Phi) is 3.34. The lowest BCUT2D eigenvalue weighted by atomic mass is 10.4. The molecule has 0 fully saturated rings. The quantitative estimate of drug-likeness (QED) is 0.906. The van der Waals surface area contributed by atoms with Crippen LogP contribution in [0.25, 0.3) is 0 Å². The average molecular weight is 250 g/mol. The molecule has 1 N–H and O–H groups in total. The molecule has 17 heavy (non-hydrogen) atoms. The molecule has 2 aromatic rings. The van der Waals surface area contributed by atoms with Crippen molar-refractivity contribution in [3.05, 3.63) is 47.9 Å². The van der Waals surface area contributed by atoms with Gasteiger partial charge in [-0.05, 0) is 36.4 Å². The summed E-state index contributed by atoms with van der Waals surface area (Å²) in [5.74, 6) is -1.42. The summed E-state index contributed by atoms with van der Waals surface area (Å²) in [5, 5.41) is 16.5. The number of aromatic nitrogens is 2. The first-order chi connectivity index (χ1) is 8.15. The largest absolute Gasteiger partial charge is 0.476 e. The standard InChI is InChI=1S/C11H7FN2O2S/c12-7-1-3-8(4-2-7)17-10-6-5-9(11(15)16)13-14-10/h1-6H,(H,15,16). The van der Waals surface area contributed by atoms with E-state index in [0.29, 0.717) is 5.03 Å². The third kappa shape index (κ3) is 3.01. The number of rotatable bonds is 3. The summed E-state index contributed by atoms with van der Waals surface area (Å²) in [6, 6.07) is 8.87. The Morgan fingerprint density at radius 2 is 1.82 bits per heavy atom. The van der Waals surface area contributed by atoms with Crippen molar-refractivity contribution >= 4 is 17.7 Å². The first-order valence-corrected chi connectivity index (χ1v) is 5.47. The molecule has 86 valence electrons. The lowest BCUT2D eigenvalue weighted by Crippen LogP contribution is -2.01. The van der Waals surface area contributed by atoms with Crippen molar-refractivity contribution in [1.29, 1.82) is 0 Å². The van der Waals surface area contributed by atoms with E-state index in [1.54, 1.807) is 18.2 Å². The maximum atomic E-state index is 12.7. The molecule has 0 bridgehead atoms. The van der Waals surface area contributed by atoms with E-state index in [4.69, 9.17) is 5.11 Å². The Labute approximate surface area is 101 Å². The predicted molar refractivity (Wildman–Crippen MR) is 59.5 cm³/mol. The Morgan fingerprint density at radius 3 is 2.35 bits per heavy atom. The summed E-state index contributed by atoms with van der Waals surface area (Å²) in [4.78, 5) is 11.4. The second-order valence-electron chi connectivity index (χ2n) is 3.12. The highest BCUT2D eigenvalue weighted by Crippen LogP contribution is 2.25. The topological polar surface area (TPSA) is 63.1 Å². The van der Waals surface area contributed by atoms with Crippen LogP contribution in [0.2, 0.25) is 0 Å². The maximum absolute atomic E-state index is 12.7. The minimum Gasteiger partial charge on any atom is -0.476 e. The van der Waals surface area contributed by atoms with Crippen LogP contribution in [0.5, 0.6) is 0 Å². The van der Waals surface area contributed by atoms with Crippen LogP contribution >= 0.6 is 11.8 Å². The molecule has 0 atom stereocenters. The van der Waals surface area contributed by atoms with Gasteiger partial charge in [0, 0.05) is 4.90 Å². The molecule has 6 heteroatoms. The van der Waals surface area contributed by atoms with Gasteiger partial charge in [0.15, 0.2) is 5.69 Å². The summed E-state index contributed by atoms with van der Waals surface area (Å²) < 4.78 is 12.7. The van der Waals surface area contributed by atoms with E-state index in [9.17, 15) is 9.18 Å². The van der Waals surface area contributed by atoms with Crippen LogP contribution in [-0.4, -0.2) is 21.3 Å². The molecule has 0 unspecified atom stereocenters. The van der Waals surface area contributed by atoms with Gasteiger partial charge in [0.2, 0.25) is 0 Å². The van der Waals surface area contributed by atoms with Crippen molar-refractivity contribution in [2.24, 2.45) is 0 Å². The number of nitrogens with zero attached hydrogens (tertiary/aromatic N) is 2. The SMILES string of the molecule is O=C(O)c1ccc(Sc2ccc(F)cc2)nn1. The van der Waals surface area contributed by atoms with Crippen molar-refractivity contribution in [3.8, 4) is 0 Å². The van der Waals surface area contributed by atoms with Crippen molar-refractivity contribution in [1.82, 2.24) is 10.2 Å². The van der Waals surface area contributed by atoms with Gasteiger partial charge in [0.05, 0.1) is 0 Å². The van der Waals surface area contributed by atoms with E-state index in [0.717, 1.165) is 4.90 Å². The van der Waals surface area contributed by atoms with Crippen molar-refractivity contribution in [3.63, 3.8) is 0 Å². The molecule has 0 amide bonds. The summed E-state index contributed by atoms with van der Waals surface area (Å²) in [6.45, 7) is 0. The molecule has 0 saturated carbocycles. The summed E-state index contributed by atoms with van der Waals surface area (Å²) in [7, 11) is 0. The van der Waals surface area contributed by atoms with Crippen LogP contribution in [0.4, 0.5) is 4.39 Å². The highest BCUT2D eigenvalue weighted by molar-refractivity contribution is 7.99. The van der Waals surface area contributed by atoms with E-state index in [1.165, 1.54) is 30.0 Å². The number of carbonyl (C=O) groups is 1. The molecule has 0 aliphatic heterocycles. The van der Waals surface area contributed by atoms with E-state index in [2.05, 4.69) is 10.2 Å². The Balaban J connectivity index is 2.13. The molecule has 1 aromatic carbocycles. The molecule has 0 aliphatic rings. The van der Waals surface area contributed by atoms with Crippen LogP contribution in [0.1, 0.15) is 10.5 Å². The molecule has 0 radical (unpaired) electrons. The van der Waals surface area contributed by atoms with Crippen LogP contribution < -0.4 is 0 Å². The van der Waals surface area contributed by atoms with Gasteiger partial charge in [0.25, 0.3) is 0 Å². The molecule has 1 heterocycles. The van der Waals surface area contributed by atoms with Gasteiger partial charge in [0.1, 0.15) is 10.8 Å². The fourth-order valence-electron chi connectivity index (χ4n) is 1.11. The van der Waals surface area contributed by atoms with Crippen molar-refractivity contribution in [2.75, 3.05) is 0 Å². The highest BCUT2D eigenvalue weighted by Gasteiger charge is 2.06. The number of carboxylic acid groups (broad SMARTS) is 1. The molecular weight excluding hydrogens is 243 g/mol. The van der Waals surface area contributed by atoms with Gasteiger partial charge in [-0.3, -0.25) is 0 Å². The molecule has 4 nitrogen and oxygen atoms in total. The number of halogens is 1. The number of hydrogen-bond donors (Lipinski definition) is 1. The molecule has 0 saturated heterocycles. The first-order valence-electron chi connectivity index (χ1n) is 4.65. The van der Waals surface area contributed by atoms with Gasteiger partial charge >= 0.3 is 5.97 Å². The fraction of sp³-hybridized carbons (Fsp3) is 0. The predicted octanol–water partition coefficient (Wildman–Crippen LogP) is 2.47. The summed E-state index contributed by atoms with van der Waals surface area (Å²) in [6.07, 6.45) is 0. The lowest BCUT2D eigenvalue weighted by molar-refractivity contribution is 0.0689. The molecule has 0 aliphatic carbocycles. The molecule has 0 spiro atoms. The van der Waals surface area contributed by atoms with Crippen molar-refractivity contribution < 1.29 is 14.3 Å². The average Bonchev–Trinajstić information content (AvgIpc) is 2.33. The third-order valence-corrected chi connectivity index (χ3v) is 2.83. The Bertz CT molecular complexity index is 528. The van der Waals surface area contributed by atoms with Gasteiger partial charge < -0.3 is 5.11 Å². The normalized spacial score (nSPS) is 10.2. The van der Waals surface area contributed by atoms with E-state index in [-0.39, 0.29) is 11.5 Å². The van der Waals surface area contributed by atoms with Gasteiger partial charge in [-0.15, -0.1) is 10.2 Å². The van der Waals surface area contributed by atoms with Crippen LogP contribution in [0, 0.1) is 5.82 Å². The highest BCUT2D eigenvalue weighted by atomic mass is 32.2. The summed E-state index contributed by atoms with van der Waals surface area (Å²) in [5.41, 5.74) is -0.103. The summed E-state index contributed by atoms with van der Waals surface area (Å²) >= 11 is 1.28. The molecule has 1 aromatic heterocycles. The van der Waals surface area contributed by atoms with Crippen LogP contribution in [0.3, 0.4) is 0 Å². The Hall–Kier alpha value is -1.95. The number of benzene rings is 1. The second kappa shape index (κ2) is 4.92. The van der Waals surface area contributed by atoms with Crippen LogP contribution in [-0.2, 0) is 0 Å². The second-order valence-corrected chi connectivity index (χ2v) is 4.21. The monoisotopic (exact) mass is 250 g/mol. The smallest absolute Gasteiger partial charge is 0.356 e. The Morgan fingerprint density at radius 1 is 1.12 bits per heavy atom. The zero-order chi connectivity index (χ0) is 12.3. The van der Waals surface area contributed by atoms with Gasteiger partial charge in [-0.25, -0.2) is 9.18 Å². The lowest BCUT2D eigenvalue weighted by Gasteiger charge is -2.00. The number of hydrogen-bond acceptors (Lipinski definition) is 4. The van der Waals surface area contributed by atoms with E-state index in [1.807, 2.05) is 0 Å². The van der Waals surface area contributed by atoms with Gasteiger partial charge in [-0.2, -0.15) is 0 Å². The fourth-order valence-corrected chi connectivity index (χ4v) is 1.84. The minimum absolute atomic E-state index is 0.103. The van der Waals surface area contributed by atoms with E-state index >= 15 is 0 Å². The number of aromatic carboxylic acids is 1. The van der Waals surface area contributed by atoms with Crippen molar-refractivity contribution in [2.45, 2.75) is 9.92 Å². The third-order valence-electron chi connectivity index (χ3n) is 1.90. The molecule has 2 rings (SSSR count). The minimum atomic E-state index is -1.11. The van der Waals surface area contributed by atoms with Crippen LogP contribution in [0.15, 0.2) is 46.3 Å². The maximum Gasteiger partial charge on any atom is 0.356 e. The zero-order valence-electron chi connectivity index (χ0n) is 8.50. The molecular formula is C11H7FN2O2S. The number of carboxylic acids is 1. The van der Waals surface area contributed by atoms with E-state index < -0.39 is 5.97 Å². The zero-order valence-corrected chi connectivity index (χ0v) is 9.32.